The molecule has 2 atom stereocenters. The predicted octanol–water partition coefficient (Wildman–Crippen LogP) is 4.03. The smallest absolute Gasteiger partial charge is 0.169 e. The van der Waals surface area contributed by atoms with Gasteiger partial charge in [-0.05, 0) is 21.5 Å². The van der Waals surface area contributed by atoms with Gasteiger partial charge >= 0.3 is 0 Å². The molecule has 2 unspecified atom stereocenters. The van der Waals surface area contributed by atoms with Crippen molar-refractivity contribution in [3.05, 3.63) is 56.7 Å². The van der Waals surface area contributed by atoms with Gasteiger partial charge in [-0.25, -0.2) is 0 Å². The van der Waals surface area contributed by atoms with Crippen molar-refractivity contribution in [2.45, 2.75) is 13.0 Å². The van der Waals surface area contributed by atoms with Gasteiger partial charge in [0.25, 0.3) is 0 Å². The Labute approximate surface area is 119 Å². The van der Waals surface area contributed by atoms with Crippen LogP contribution in [0, 0.1) is 5.92 Å². The minimum absolute atomic E-state index is 0.0829. The Morgan fingerprint density at radius 1 is 1.28 bits per heavy atom. The van der Waals surface area contributed by atoms with Crippen LogP contribution >= 0.6 is 27.3 Å². The van der Waals surface area contributed by atoms with Crippen LogP contribution in [0.2, 0.25) is 0 Å². The van der Waals surface area contributed by atoms with Crippen molar-refractivity contribution in [3.63, 3.8) is 0 Å². The van der Waals surface area contributed by atoms with Gasteiger partial charge in [0.15, 0.2) is 5.78 Å². The Morgan fingerprint density at radius 3 is 2.50 bits per heavy atom. The Bertz CT molecular complexity index is 538. The highest BCUT2D eigenvalue weighted by Gasteiger charge is 2.24. The zero-order valence-corrected chi connectivity index (χ0v) is 12.4. The molecule has 0 aliphatic rings. The van der Waals surface area contributed by atoms with E-state index in [1.165, 1.54) is 11.3 Å². The fourth-order valence-electron chi connectivity index (χ4n) is 1.83. The quantitative estimate of drug-likeness (QED) is 0.863. The average molecular weight is 324 g/mol. The summed E-state index contributed by atoms with van der Waals surface area (Å²) in [5.41, 5.74) is 7.87. The van der Waals surface area contributed by atoms with Gasteiger partial charge in [-0.2, -0.15) is 11.3 Å². The summed E-state index contributed by atoms with van der Waals surface area (Å²) in [6.45, 7) is 1.88. The van der Waals surface area contributed by atoms with E-state index in [2.05, 4.69) is 15.9 Å². The van der Waals surface area contributed by atoms with Crippen LogP contribution in [-0.4, -0.2) is 5.78 Å². The number of hydrogen-bond donors (Lipinski definition) is 1. The van der Waals surface area contributed by atoms with Crippen molar-refractivity contribution in [1.29, 1.82) is 0 Å². The van der Waals surface area contributed by atoms with Gasteiger partial charge in [0.2, 0.25) is 0 Å². The Hall–Kier alpha value is -0.970. The first-order valence-corrected chi connectivity index (χ1v) is 7.41. The van der Waals surface area contributed by atoms with Crippen molar-refractivity contribution in [1.82, 2.24) is 0 Å². The molecule has 0 aliphatic heterocycles. The maximum Gasteiger partial charge on any atom is 0.169 e. The molecular formula is C14H14BrNOS. The summed E-state index contributed by atoms with van der Waals surface area (Å²) in [4.78, 5) is 12.3. The molecule has 2 aromatic rings. The zero-order valence-electron chi connectivity index (χ0n) is 9.97. The van der Waals surface area contributed by atoms with Crippen molar-refractivity contribution >= 4 is 33.0 Å². The number of rotatable bonds is 4. The van der Waals surface area contributed by atoms with E-state index < -0.39 is 0 Å². The summed E-state index contributed by atoms with van der Waals surface area (Å²) in [7, 11) is 0. The number of carbonyl (C=O) groups is 1. The van der Waals surface area contributed by atoms with E-state index in [0.717, 1.165) is 15.6 Å². The molecule has 2 N–H and O–H groups in total. The Morgan fingerprint density at radius 2 is 1.94 bits per heavy atom. The fraction of sp³-hybridized carbons (Fsp3) is 0.214. The molecule has 0 spiro atoms. The second-order valence-corrected chi connectivity index (χ2v) is 5.82. The highest BCUT2D eigenvalue weighted by Crippen LogP contribution is 2.28. The molecule has 0 saturated carbocycles. The first-order chi connectivity index (χ1) is 8.61. The van der Waals surface area contributed by atoms with Crippen LogP contribution in [0.1, 0.15) is 28.9 Å². The largest absolute Gasteiger partial charge is 0.323 e. The highest BCUT2D eigenvalue weighted by atomic mass is 79.9. The lowest BCUT2D eigenvalue weighted by molar-refractivity contribution is 0.0912. The molecular weight excluding hydrogens is 310 g/mol. The van der Waals surface area contributed by atoms with Crippen LogP contribution in [0.4, 0.5) is 0 Å². The van der Waals surface area contributed by atoms with Crippen LogP contribution in [0.3, 0.4) is 0 Å². The summed E-state index contributed by atoms with van der Waals surface area (Å²) >= 11 is 4.90. The topological polar surface area (TPSA) is 43.1 Å². The van der Waals surface area contributed by atoms with E-state index in [1.54, 1.807) is 0 Å². The SMILES string of the molecule is CC(C(=O)c1cscc1Br)C(N)c1ccccc1. The van der Waals surface area contributed by atoms with Gasteiger partial charge in [-0.1, -0.05) is 37.3 Å². The molecule has 94 valence electrons. The van der Waals surface area contributed by atoms with Gasteiger partial charge in [-0.3, -0.25) is 4.79 Å². The molecule has 0 amide bonds. The van der Waals surface area contributed by atoms with E-state index in [9.17, 15) is 4.79 Å². The number of hydrogen-bond acceptors (Lipinski definition) is 3. The summed E-state index contributed by atoms with van der Waals surface area (Å²) < 4.78 is 0.851. The molecule has 18 heavy (non-hydrogen) atoms. The first kappa shape index (κ1) is 13.5. The maximum atomic E-state index is 12.3. The normalized spacial score (nSPS) is 14.2. The van der Waals surface area contributed by atoms with Crippen LogP contribution < -0.4 is 5.73 Å². The number of nitrogens with two attached hydrogens (primary N) is 1. The second kappa shape index (κ2) is 5.78. The number of carbonyl (C=O) groups excluding carboxylic acids is 1. The third-order valence-electron chi connectivity index (χ3n) is 3.02. The number of ketones is 1. The molecule has 2 rings (SSSR count). The lowest BCUT2D eigenvalue weighted by Gasteiger charge is -2.19. The van der Waals surface area contributed by atoms with Gasteiger partial charge in [-0.15, -0.1) is 0 Å². The third-order valence-corrected chi connectivity index (χ3v) is 4.72. The standard InChI is InChI=1S/C14H14BrNOS/c1-9(13(16)10-5-3-2-4-6-10)14(17)11-7-18-8-12(11)15/h2-9,13H,16H2,1H3. The zero-order chi connectivity index (χ0) is 13.1. The molecule has 1 heterocycles. The molecule has 0 fully saturated rings. The van der Waals surface area contributed by atoms with E-state index in [0.29, 0.717) is 0 Å². The van der Waals surface area contributed by atoms with Gasteiger partial charge in [0, 0.05) is 32.8 Å². The van der Waals surface area contributed by atoms with Crippen LogP contribution in [-0.2, 0) is 0 Å². The van der Waals surface area contributed by atoms with E-state index >= 15 is 0 Å². The fourth-order valence-corrected chi connectivity index (χ4v) is 3.31. The van der Waals surface area contributed by atoms with E-state index in [4.69, 9.17) is 5.73 Å². The minimum atomic E-state index is -0.273. The van der Waals surface area contributed by atoms with Crippen LogP contribution in [0.25, 0.3) is 0 Å². The summed E-state index contributed by atoms with van der Waals surface area (Å²) in [5, 5.41) is 3.77. The Balaban J connectivity index is 2.20. The first-order valence-electron chi connectivity index (χ1n) is 5.67. The number of halogens is 1. The van der Waals surface area contributed by atoms with Gasteiger partial charge in [0.05, 0.1) is 0 Å². The molecule has 1 aromatic heterocycles. The van der Waals surface area contributed by atoms with Gasteiger partial charge in [0.1, 0.15) is 0 Å². The number of thiophene rings is 1. The molecule has 0 saturated heterocycles. The van der Waals surface area contributed by atoms with Gasteiger partial charge < -0.3 is 5.73 Å². The second-order valence-electron chi connectivity index (χ2n) is 4.22. The lowest BCUT2D eigenvalue weighted by atomic mass is 9.89. The average Bonchev–Trinajstić information content (AvgIpc) is 2.83. The monoisotopic (exact) mass is 323 g/mol. The molecule has 1 aromatic carbocycles. The van der Waals surface area contributed by atoms with Crippen molar-refractivity contribution in [2.75, 3.05) is 0 Å². The minimum Gasteiger partial charge on any atom is -0.323 e. The van der Waals surface area contributed by atoms with Crippen molar-refractivity contribution in [2.24, 2.45) is 11.7 Å². The summed E-state index contributed by atoms with van der Waals surface area (Å²) in [6.07, 6.45) is 0. The van der Waals surface area contributed by atoms with Crippen LogP contribution in [0.15, 0.2) is 45.6 Å². The molecule has 0 bridgehead atoms. The van der Waals surface area contributed by atoms with E-state index in [1.807, 2.05) is 48.0 Å². The Kier molecular flexibility index (Phi) is 4.32. The molecule has 4 heteroatoms. The van der Waals surface area contributed by atoms with E-state index in [-0.39, 0.29) is 17.7 Å². The molecule has 0 radical (unpaired) electrons. The number of Topliss-reactive ketones (excluding diaryl/α,β-unsaturated/α-hetero) is 1. The lowest BCUT2D eigenvalue weighted by Crippen LogP contribution is -2.26. The molecule has 0 aliphatic carbocycles. The summed E-state index contributed by atoms with van der Waals surface area (Å²) in [6, 6.07) is 9.46. The summed E-state index contributed by atoms with van der Waals surface area (Å²) in [5.74, 6) is -0.155. The van der Waals surface area contributed by atoms with Crippen molar-refractivity contribution in [3.8, 4) is 0 Å². The predicted molar refractivity (Wildman–Crippen MR) is 78.9 cm³/mol. The molecule has 2 nitrogen and oxygen atoms in total. The highest BCUT2D eigenvalue weighted by molar-refractivity contribution is 9.10. The van der Waals surface area contributed by atoms with Crippen LogP contribution in [0.5, 0.6) is 0 Å². The number of benzene rings is 1. The third kappa shape index (κ3) is 2.71. The van der Waals surface area contributed by atoms with Crippen molar-refractivity contribution < 1.29 is 4.79 Å². The maximum absolute atomic E-state index is 12.3.